The number of carbonyl (C=O) groups is 2. The summed E-state index contributed by atoms with van der Waals surface area (Å²) in [6.45, 7) is 4.61. The van der Waals surface area contributed by atoms with Crippen molar-refractivity contribution < 1.29 is 9.59 Å². The van der Waals surface area contributed by atoms with Crippen LogP contribution in [0.5, 0.6) is 0 Å². The predicted molar refractivity (Wildman–Crippen MR) is 65.3 cm³/mol. The van der Waals surface area contributed by atoms with Crippen molar-refractivity contribution >= 4 is 11.8 Å². The third-order valence-corrected chi connectivity index (χ3v) is 2.60. The van der Waals surface area contributed by atoms with E-state index in [1.165, 1.54) is 6.33 Å². The van der Waals surface area contributed by atoms with Crippen LogP contribution < -0.4 is 11.1 Å². The maximum Gasteiger partial charge on any atom is 0.221 e. The number of rotatable bonds is 7. The lowest BCUT2D eigenvalue weighted by Crippen LogP contribution is -2.31. The fraction of sp³-hybridized carbons (Fsp3) is 0.636. The van der Waals surface area contributed by atoms with Gasteiger partial charge in [0.15, 0.2) is 0 Å². The van der Waals surface area contributed by atoms with Crippen LogP contribution in [-0.4, -0.2) is 26.6 Å². The van der Waals surface area contributed by atoms with Crippen molar-refractivity contribution in [3.8, 4) is 0 Å². The van der Waals surface area contributed by atoms with Crippen molar-refractivity contribution in [2.24, 2.45) is 5.73 Å². The average Bonchev–Trinajstić information content (AvgIpc) is 2.81. The number of nitrogens with zero attached hydrogens (tertiary/aromatic N) is 3. The molecular weight excluding hydrogens is 234 g/mol. The van der Waals surface area contributed by atoms with Gasteiger partial charge in [0.25, 0.3) is 0 Å². The van der Waals surface area contributed by atoms with Crippen LogP contribution in [-0.2, 0) is 16.1 Å². The molecule has 1 heterocycles. The lowest BCUT2D eigenvalue weighted by molar-refractivity contribution is -0.125. The molecule has 0 bridgehead atoms. The summed E-state index contributed by atoms with van der Waals surface area (Å²) in [5.41, 5.74) is 5.00. The Bertz CT molecular complexity index is 415. The van der Waals surface area contributed by atoms with Crippen LogP contribution in [0.3, 0.4) is 0 Å². The third-order valence-electron chi connectivity index (χ3n) is 2.60. The van der Waals surface area contributed by atoms with Gasteiger partial charge in [0.1, 0.15) is 12.2 Å². The Hall–Kier alpha value is -1.92. The minimum absolute atomic E-state index is 0.0583. The number of primary amides is 1. The summed E-state index contributed by atoms with van der Waals surface area (Å²) < 4.78 is 1.74. The fourth-order valence-corrected chi connectivity index (χ4v) is 1.64. The Morgan fingerprint density at radius 2 is 2.17 bits per heavy atom. The van der Waals surface area contributed by atoms with E-state index >= 15 is 0 Å². The van der Waals surface area contributed by atoms with Crippen molar-refractivity contribution in [2.75, 3.05) is 0 Å². The third kappa shape index (κ3) is 3.83. The molecule has 3 N–H and O–H groups in total. The summed E-state index contributed by atoms with van der Waals surface area (Å²) in [6.07, 6.45) is 2.34. The van der Waals surface area contributed by atoms with Gasteiger partial charge in [-0.3, -0.25) is 9.59 Å². The van der Waals surface area contributed by atoms with E-state index in [0.717, 1.165) is 5.82 Å². The van der Waals surface area contributed by atoms with E-state index in [2.05, 4.69) is 15.4 Å². The highest BCUT2D eigenvalue weighted by molar-refractivity contribution is 5.82. The summed E-state index contributed by atoms with van der Waals surface area (Å²) >= 11 is 0. The molecule has 1 atom stereocenters. The van der Waals surface area contributed by atoms with Crippen LogP contribution in [0.15, 0.2) is 6.33 Å². The molecule has 0 aliphatic heterocycles. The number of nitrogens with two attached hydrogens (primary N) is 1. The molecule has 0 fully saturated rings. The molecule has 0 aliphatic rings. The Labute approximate surface area is 106 Å². The van der Waals surface area contributed by atoms with E-state index in [1.807, 2.05) is 13.8 Å². The van der Waals surface area contributed by atoms with Gasteiger partial charge in [-0.15, -0.1) is 0 Å². The Morgan fingerprint density at radius 1 is 1.44 bits per heavy atom. The first-order valence-corrected chi connectivity index (χ1v) is 6.03. The van der Waals surface area contributed by atoms with Gasteiger partial charge < -0.3 is 11.1 Å². The minimum atomic E-state index is -0.477. The van der Waals surface area contributed by atoms with E-state index < -0.39 is 5.91 Å². The summed E-state index contributed by atoms with van der Waals surface area (Å²) in [6, 6.07) is -0.187. The molecule has 2 amide bonds. The Balaban J connectivity index is 2.62. The zero-order valence-corrected chi connectivity index (χ0v) is 10.7. The van der Waals surface area contributed by atoms with E-state index in [-0.39, 0.29) is 24.8 Å². The van der Waals surface area contributed by atoms with Crippen LogP contribution in [0.2, 0.25) is 0 Å². The molecule has 0 saturated carbocycles. The van der Waals surface area contributed by atoms with E-state index in [4.69, 9.17) is 5.73 Å². The number of hydrogen-bond donors (Lipinski definition) is 2. The normalized spacial score (nSPS) is 12.1. The van der Waals surface area contributed by atoms with Crippen molar-refractivity contribution in [3.63, 3.8) is 0 Å². The summed E-state index contributed by atoms with van der Waals surface area (Å²) in [7, 11) is 0. The zero-order valence-electron chi connectivity index (χ0n) is 10.7. The van der Waals surface area contributed by atoms with E-state index in [0.29, 0.717) is 13.0 Å². The maximum atomic E-state index is 11.6. The molecule has 1 rings (SSSR count). The first-order valence-electron chi connectivity index (χ1n) is 6.03. The highest BCUT2D eigenvalue weighted by Gasteiger charge is 2.18. The monoisotopic (exact) mass is 253 g/mol. The van der Waals surface area contributed by atoms with Crippen LogP contribution in [0, 0.1) is 0 Å². The van der Waals surface area contributed by atoms with Gasteiger partial charge in [0.2, 0.25) is 11.8 Å². The molecule has 0 spiro atoms. The molecule has 0 aliphatic carbocycles. The number of aryl methyl sites for hydroxylation is 1. The second-order valence-corrected chi connectivity index (χ2v) is 3.93. The average molecular weight is 253 g/mol. The molecule has 0 radical (unpaired) electrons. The molecule has 0 saturated heterocycles. The van der Waals surface area contributed by atoms with Gasteiger partial charge in [0, 0.05) is 19.4 Å². The highest BCUT2D eigenvalue weighted by Crippen LogP contribution is 2.13. The van der Waals surface area contributed by atoms with Gasteiger partial charge in [-0.05, 0) is 13.3 Å². The summed E-state index contributed by atoms with van der Waals surface area (Å²) in [5.74, 6) is 0.0497. The minimum Gasteiger partial charge on any atom is -0.370 e. The molecular formula is C11H19N5O2. The predicted octanol–water partition coefficient (Wildman–Crippen LogP) is 0.131. The quantitative estimate of drug-likeness (QED) is 0.720. The van der Waals surface area contributed by atoms with Gasteiger partial charge in [-0.25, -0.2) is 9.67 Å². The van der Waals surface area contributed by atoms with E-state index in [9.17, 15) is 9.59 Å². The van der Waals surface area contributed by atoms with Crippen LogP contribution in [0.1, 0.15) is 45.0 Å². The fourth-order valence-electron chi connectivity index (χ4n) is 1.64. The van der Waals surface area contributed by atoms with Crippen LogP contribution in [0.25, 0.3) is 0 Å². The molecule has 18 heavy (non-hydrogen) atoms. The second kappa shape index (κ2) is 6.73. The first-order chi connectivity index (χ1) is 8.58. The van der Waals surface area contributed by atoms with Gasteiger partial charge in [-0.1, -0.05) is 6.92 Å². The number of carbonyl (C=O) groups excluding carboxylic acids is 2. The van der Waals surface area contributed by atoms with Crippen molar-refractivity contribution in [3.05, 3.63) is 12.2 Å². The number of hydrogen-bond acceptors (Lipinski definition) is 4. The molecule has 100 valence electrons. The summed E-state index contributed by atoms with van der Waals surface area (Å²) in [5, 5.41) is 6.89. The number of aromatic nitrogens is 3. The van der Waals surface area contributed by atoms with Crippen molar-refractivity contribution in [1.29, 1.82) is 0 Å². The molecule has 7 heteroatoms. The lowest BCUT2D eigenvalue weighted by Gasteiger charge is -2.16. The smallest absolute Gasteiger partial charge is 0.221 e. The van der Waals surface area contributed by atoms with Gasteiger partial charge >= 0.3 is 0 Å². The molecule has 1 aromatic rings. The lowest BCUT2D eigenvalue weighted by atomic mass is 10.2. The zero-order chi connectivity index (χ0) is 13.5. The maximum absolute atomic E-state index is 11.6. The van der Waals surface area contributed by atoms with Gasteiger partial charge in [-0.2, -0.15) is 5.10 Å². The van der Waals surface area contributed by atoms with E-state index in [1.54, 1.807) is 4.68 Å². The summed E-state index contributed by atoms with van der Waals surface area (Å²) in [4.78, 5) is 26.4. The topological polar surface area (TPSA) is 103 Å². The Morgan fingerprint density at radius 3 is 2.72 bits per heavy atom. The molecule has 1 unspecified atom stereocenters. The second-order valence-electron chi connectivity index (χ2n) is 3.93. The largest absolute Gasteiger partial charge is 0.370 e. The van der Waals surface area contributed by atoms with Crippen LogP contribution >= 0.6 is 0 Å². The van der Waals surface area contributed by atoms with Gasteiger partial charge in [0.05, 0.1) is 6.04 Å². The van der Waals surface area contributed by atoms with Crippen molar-refractivity contribution in [1.82, 2.24) is 20.1 Å². The SMILES string of the molecule is CCC(NC(=O)CCC(N)=O)c1ncnn1CC. The highest BCUT2D eigenvalue weighted by atomic mass is 16.2. The standard InChI is InChI=1S/C11H19N5O2/c1-3-8(11-13-7-14-16(11)4-2)15-10(18)6-5-9(12)17/h7-8H,3-6H2,1-2H3,(H2,12,17)(H,15,18). The number of amides is 2. The molecule has 7 nitrogen and oxygen atoms in total. The van der Waals surface area contributed by atoms with Crippen LogP contribution in [0.4, 0.5) is 0 Å². The Kier molecular flexibility index (Phi) is 5.29. The first kappa shape index (κ1) is 14.1. The van der Waals surface area contributed by atoms with Crippen molar-refractivity contribution in [2.45, 2.75) is 45.7 Å². The number of nitrogens with one attached hydrogen (secondary N) is 1. The molecule has 0 aromatic carbocycles. The molecule has 1 aromatic heterocycles.